The Bertz CT molecular complexity index is 744. The number of alkyl halides is 3. The van der Waals surface area contributed by atoms with E-state index in [1.54, 1.807) is 0 Å². The zero-order valence-corrected chi connectivity index (χ0v) is 17.5. The van der Waals surface area contributed by atoms with Gasteiger partial charge in [0.05, 0.1) is 5.56 Å². The van der Waals surface area contributed by atoms with Gasteiger partial charge in [-0.25, -0.2) is 14.0 Å². The monoisotopic (exact) mass is 448 g/mol. The zero-order valence-electron chi connectivity index (χ0n) is 17.5. The van der Waals surface area contributed by atoms with E-state index in [4.69, 9.17) is 10.2 Å². The van der Waals surface area contributed by atoms with Crippen LogP contribution in [0.1, 0.15) is 37.8 Å². The van der Waals surface area contributed by atoms with Gasteiger partial charge in [0.2, 0.25) is 0 Å². The van der Waals surface area contributed by atoms with Gasteiger partial charge in [0.1, 0.15) is 5.82 Å². The van der Waals surface area contributed by atoms with E-state index in [-0.39, 0.29) is 18.2 Å². The van der Waals surface area contributed by atoms with E-state index in [2.05, 4.69) is 10.2 Å². The van der Waals surface area contributed by atoms with Crippen LogP contribution in [0.3, 0.4) is 0 Å². The summed E-state index contributed by atoms with van der Waals surface area (Å²) in [6.07, 6.45) is -1.53. The summed E-state index contributed by atoms with van der Waals surface area (Å²) in [7, 11) is 0. The van der Waals surface area contributed by atoms with Gasteiger partial charge in [-0.2, -0.15) is 13.2 Å². The highest BCUT2D eigenvalue weighted by molar-refractivity contribution is 5.89. The van der Waals surface area contributed by atoms with Crippen LogP contribution in [0.4, 0.5) is 17.6 Å². The minimum Gasteiger partial charge on any atom is -0.478 e. The molecule has 0 atom stereocenters. The Morgan fingerprint density at radius 2 is 1.71 bits per heavy atom. The third-order valence-corrected chi connectivity index (χ3v) is 4.54. The van der Waals surface area contributed by atoms with Gasteiger partial charge in [-0.05, 0) is 55.6 Å². The molecule has 0 saturated carbocycles. The van der Waals surface area contributed by atoms with E-state index >= 15 is 0 Å². The van der Waals surface area contributed by atoms with Crippen molar-refractivity contribution in [2.45, 2.75) is 45.5 Å². The van der Waals surface area contributed by atoms with Crippen LogP contribution in [0.5, 0.6) is 0 Å². The normalized spacial score (nSPS) is 15.2. The standard InChI is InChI=1S/C17H24F4N2.C4H4O4/c1-12(2)10-23(15-5-7-22-8-6-15)11-13-9-14(18)3-4-16(13)17(19,20)21;5-3(6)1-2-4(7)8/h3-4,9,12,15,22H,5-8,10-11H2,1-2H3;1-2H,(H,5,6)(H,7,8). The number of carboxylic acids is 2. The highest BCUT2D eigenvalue weighted by atomic mass is 19.4. The number of hydrogen-bond acceptors (Lipinski definition) is 4. The fraction of sp³-hybridized carbons (Fsp3) is 0.524. The first kappa shape index (κ1) is 26.6. The van der Waals surface area contributed by atoms with Crippen molar-refractivity contribution in [1.29, 1.82) is 0 Å². The van der Waals surface area contributed by atoms with Crippen molar-refractivity contribution >= 4 is 11.9 Å². The van der Waals surface area contributed by atoms with Crippen LogP contribution in [0, 0.1) is 11.7 Å². The van der Waals surface area contributed by atoms with Crippen molar-refractivity contribution in [3.63, 3.8) is 0 Å². The molecule has 1 aromatic carbocycles. The second-order valence-corrected chi connectivity index (χ2v) is 7.61. The number of rotatable bonds is 7. The minimum absolute atomic E-state index is 0.0247. The van der Waals surface area contributed by atoms with Gasteiger partial charge in [-0.15, -0.1) is 0 Å². The van der Waals surface area contributed by atoms with Crippen molar-refractivity contribution in [3.05, 3.63) is 47.3 Å². The smallest absolute Gasteiger partial charge is 0.416 e. The van der Waals surface area contributed by atoms with Gasteiger partial charge in [-0.1, -0.05) is 13.8 Å². The number of piperidine rings is 1. The van der Waals surface area contributed by atoms with Crippen molar-refractivity contribution in [2.24, 2.45) is 5.92 Å². The third kappa shape index (κ3) is 10.4. The zero-order chi connectivity index (χ0) is 23.6. The molecule has 174 valence electrons. The number of nitrogens with zero attached hydrogens (tertiary/aromatic N) is 1. The minimum atomic E-state index is -4.46. The molecular formula is C21H28F4N2O4. The molecule has 1 aliphatic heterocycles. The Kier molecular flexibility index (Phi) is 10.6. The van der Waals surface area contributed by atoms with Gasteiger partial charge in [0.15, 0.2) is 0 Å². The number of halogens is 4. The predicted molar refractivity (Wildman–Crippen MR) is 107 cm³/mol. The molecule has 1 fully saturated rings. The molecule has 2 rings (SSSR count). The van der Waals surface area contributed by atoms with E-state index in [0.29, 0.717) is 24.6 Å². The maximum Gasteiger partial charge on any atom is 0.416 e. The maximum atomic E-state index is 13.5. The van der Waals surface area contributed by atoms with E-state index < -0.39 is 29.5 Å². The van der Waals surface area contributed by atoms with Crippen molar-refractivity contribution < 1.29 is 37.4 Å². The molecule has 1 saturated heterocycles. The lowest BCUT2D eigenvalue weighted by molar-refractivity contribution is -0.138. The Hall–Kier alpha value is -2.46. The molecule has 1 aromatic rings. The Morgan fingerprint density at radius 1 is 1.16 bits per heavy atom. The van der Waals surface area contributed by atoms with E-state index in [9.17, 15) is 27.2 Å². The fourth-order valence-electron chi connectivity index (χ4n) is 3.31. The summed E-state index contributed by atoms with van der Waals surface area (Å²) in [5.41, 5.74) is -0.710. The van der Waals surface area contributed by atoms with Crippen molar-refractivity contribution in [1.82, 2.24) is 10.2 Å². The van der Waals surface area contributed by atoms with Crippen LogP contribution in [0.2, 0.25) is 0 Å². The topological polar surface area (TPSA) is 89.9 Å². The van der Waals surface area contributed by atoms with Gasteiger partial charge >= 0.3 is 18.1 Å². The van der Waals surface area contributed by atoms with Gasteiger partial charge < -0.3 is 15.5 Å². The molecule has 0 spiro atoms. The first-order valence-corrected chi connectivity index (χ1v) is 9.84. The molecule has 10 heteroatoms. The summed E-state index contributed by atoms with van der Waals surface area (Å²) in [4.78, 5) is 21.2. The first-order chi connectivity index (χ1) is 14.4. The lowest BCUT2D eigenvalue weighted by Gasteiger charge is -2.36. The molecule has 1 heterocycles. The summed E-state index contributed by atoms with van der Waals surface area (Å²) < 4.78 is 53.0. The highest BCUT2D eigenvalue weighted by Gasteiger charge is 2.34. The number of hydrogen-bond donors (Lipinski definition) is 3. The predicted octanol–water partition coefficient (Wildman–Crippen LogP) is 3.77. The lowest BCUT2D eigenvalue weighted by Crippen LogP contribution is -2.44. The summed E-state index contributed by atoms with van der Waals surface area (Å²) in [5, 5.41) is 18.9. The number of benzene rings is 1. The van der Waals surface area contributed by atoms with E-state index in [1.807, 2.05) is 13.8 Å². The summed E-state index contributed by atoms with van der Waals surface area (Å²) in [6, 6.07) is 2.99. The summed E-state index contributed by atoms with van der Waals surface area (Å²) in [5.74, 6) is -2.80. The number of aliphatic carboxylic acids is 2. The fourth-order valence-corrected chi connectivity index (χ4v) is 3.31. The van der Waals surface area contributed by atoms with Gasteiger partial charge in [0.25, 0.3) is 0 Å². The van der Waals surface area contributed by atoms with Crippen molar-refractivity contribution in [2.75, 3.05) is 19.6 Å². The molecule has 3 N–H and O–H groups in total. The average Bonchev–Trinajstić information content (AvgIpc) is 2.66. The quantitative estimate of drug-likeness (QED) is 0.435. The van der Waals surface area contributed by atoms with Crippen molar-refractivity contribution in [3.8, 4) is 0 Å². The molecule has 0 amide bonds. The number of carbonyl (C=O) groups is 2. The molecule has 1 aliphatic rings. The Morgan fingerprint density at radius 3 is 2.16 bits per heavy atom. The third-order valence-electron chi connectivity index (χ3n) is 4.54. The molecule has 31 heavy (non-hydrogen) atoms. The van der Waals surface area contributed by atoms with Gasteiger partial charge in [-0.3, -0.25) is 4.90 Å². The van der Waals surface area contributed by atoms with Gasteiger partial charge in [0, 0.05) is 31.3 Å². The Labute approximate surface area is 178 Å². The summed E-state index contributed by atoms with van der Waals surface area (Å²) >= 11 is 0. The van der Waals surface area contributed by atoms with Crippen LogP contribution in [0.25, 0.3) is 0 Å². The van der Waals surface area contributed by atoms with Crippen LogP contribution in [-0.4, -0.2) is 52.7 Å². The molecule has 0 bridgehead atoms. The molecule has 0 unspecified atom stereocenters. The van der Waals surface area contributed by atoms with Crippen LogP contribution in [-0.2, 0) is 22.3 Å². The average molecular weight is 448 g/mol. The van der Waals surface area contributed by atoms with Crippen LogP contribution in [0.15, 0.2) is 30.4 Å². The molecule has 0 aromatic heterocycles. The molecule has 0 radical (unpaired) electrons. The second-order valence-electron chi connectivity index (χ2n) is 7.61. The number of nitrogens with one attached hydrogen (secondary N) is 1. The van der Waals surface area contributed by atoms with E-state index in [0.717, 1.165) is 44.1 Å². The second kappa shape index (κ2) is 12.4. The maximum absolute atomic E-state index is 13.5. The molecule has 6 nitrogen and oxygen atoms in total. The SMILES string of the molecule is CC(C)CN(Cc1cc(F)ccc1C(F)(F)F)C1CCNCC1.O=C(O)C=CC(=O)O. The van der Waals surface area contributed by atoms with Crippen LogP contribution < -0.4 is 5.32 Å². The Balaban J connectivity index is 0.000000512. The number of carboxylic acid groups (broad SMARTS) is 2. The first-order valence-electron chi connectivity index (χ1n) is 9.84. The largest absolute Gasteiger partial charge is 0.478 e. The molecular weight excluding hydrogens is 420 g/mol. The molecule has 0 aliphatic carbocycles. The highest BCUT2D eigenvalue weighted by Crippen LogP contribution is 2.33. The summed E-state index contributed by atoms with van der Waals surface area (Å²) in [6.45, 7) is 6.67. The lowest BCUT2D eigenvalue weighted by atomic mass is 10.00. The van der Waals surface area contributed by atoms with E-state index in [1.165, 1.54) is 0 Å². The van der Waals surface area contributed by atoms with Crippen LogP contribution >= 0.6 is 0 Å².